The van der Waals surface area contributed by atoms with E-state index in [1.807, 2.05) is 6.07 Å². The lowest BCUT2D eigenvalue weighted by Gasteiger charge is -2.05. The Balaban J connectivity index is 1.66. The number of nitrogens with one attached hydrogen (secondary N) is 1. The molecular weight excluding hydrogens is 389 g/mol. The molecule has 0 aliphatic heterocycles. The number of nitro groups is 1. The third kappa shape index (κ3) is 4.25. The third-order valence-corrected chi connectivity index (χ3v) is 5.51. The summed E-state index contributed by atoms with van der Waals surface area (Å²) in [4.78, 5) is 26.4. The number of hydrogen-bond donors (Lipinski definition) is 1. The second-order valence-electron chi connectivity index (χ2n) is 4.85. The molecule has 3 rings (SSSR count). The number of fused-ring (bicyclic) bond motifs is 1. The summed E-state index contributed by atoms with van der Waals surface area (Å²) in [6, 6.07) is 8.30. The van der Waals surface area contributed by atoms with E-state index in [1.54, 1.807) is 12.1 Å². The van der Waals surface area contributed by atoms with E-state index in [0.29, 0.717) is 9.36 Å². The normalized spacial score (nSPS) is 10.8. The number of hydrogen-bond acceptors (Lipinski definition) is 6. The standard InChI is InChI=1S/C15H9ClFN3O3S2/c16-8-1-4-13-12(5-8)19-15(25-13)24-7-14(21)18-11-6-9(20(22)23)2-3-10(11)17/h1-6H,7H2,(H,18,21). The number of benzene rings is 2. The zero-order valence-electron chi connectivity index (χ0n) is 12.4. The fourth-order valence-electron chi connectivity index (χ4n) is 1.98. The Morgan fingerprint density at radius 3 is 2.92 bits per heavy atom. The molecule has 0 spiro atoms. The zero-order chi connectivity index (χ0) is 18.0. The molecular formula is C15H9ClFN3O3S2. The molecule has 0 atom stereocenters. The summed E-state index contributed by atoms with van der Waals surface area (Å²) in [7, 11) is 0. The molecule has 1 heterocycles. The van der Waals surface area contributed by atoms with Crippen LogP contribution in [-0.4, -0.2) is 21.6 Å². The quantitative estimate of drug-likeness (QED) is 0.382. The minimum absolute atomic E-state index is 0.00428. The molecule has 2 aromatic carbocycles. The molecule has 0 aliphatic rings. The van der Waals surface area contributed by atoms with Crippen molar-refractivity contribution in [2.45, 2.75) is 4.34 Å². The van der Waals surface area contributed by atoms with Crippen molar-refractivity contribution in [2.24, 2.45) is 0 Å². The Labute approximate surface area is 154 Å². The van der Waals surface area contributed by atoms with Crippen LogP contribution in [0.15, 0.2) is 40.7 Å². The number of amides is 1. The maximum absolute atomic E-state index is 13.7. The molecule has 0 aliphatic carbocycles. The number of aromatic nitrogens is 1. The molecule has 0 unspecified atom stereocenters. The van der Waals surface area contributed by atoms with Gasteiger partial charge in [0.05, 0.1) is 26.6 Å². The Bertz CT molecular complexity index is 980. The van der Waals surface area contributed by atoms with Crippen molar-refractivity contribution in [2.75, 3.05) is 11.1 Å². The predicted molar refractivity (Wildman–Crippen MR) is 97.0 cm³/mol. The molecule has 10 heteroatoms. The number of nitro benzene ring substituents is 1. The topological polar surface area (TPSA) is 85.1 Å². The summed E-state index contributed by atoms with van der Waals surface area (Å²) in [6.07, 6.45) is 0. The van der Waals surface area contributed by atoms with E-state index in [4.69, 9.17) is 11.6 Å². The number of nitrogens with zero attached hydrogens (tertiary/aromatic N) is 2. The number of halogens is 2. The molecule has 128 valence electrons. The number of carbonyl (C=O) groups excluding carboxylic acids is 1. The average Bonchev–Trinajstić information content (AvgIpc) is 2.96. The van der Waals surface area contributed by atoms with E-state index in [2.05, 4.69) is 10.3 Å². The van der Waals surface area contributed by atoms with Crippen LogP contribution in [0.4, 0.5) is 15.8 Å². The van der Waals surface area contributed by atoms with E-state index in [1.165, 1.54) is 23.1 Å². The van der Waals surface area contributed by atoms with Crippen molar-refractivity contribution in [1.82, 2.24) is 4.98 Å². The van der Waals surface area contributed by atoms with Crippen LogP contribution in [0, 0.1) is 15.9 Å². The fraction of sp³-hybridized carbons (Fsp3) is 0.0667. The van der Waals surface area contributed by atoms with Crippen LogP contribution >= 0.6 is 34.7 Å². The first-order valence-corrected chi connectivity index (χ1v) is 9.03. The number of thioether (sulfide) groups is 1. The highest BCUT2D eigenvalue weighted by molar-refractivity contribution is 8.01. The summed E-state index contributed by atoms with van der Waals surface area (Å²) in [5.74, 6) is -1.23. The first-order valence-electron chi connectivity index (χ1n) is 6.85. The van der Waals surface area contributed by atoms with E-state index >= 15 is 0 Å². The van der Waals surface area contributed by atoms with E-state index in [-0.39, 0.29) is 17.1 Å². The Morgan fingerprint density at radius 2 is 2.16 bits per heavy atom. The minimum atomic E-state index is -0.737. The number of rotatable bonds is 5. The van der Waals surface area contributed by atoms with Gasteiger partial charge in [0.25, 0.3) is 5.69 Å². The van der Waals surface area contributed by atoms with Crippen LogP contribution in [-0.2, 0) is 4.79 Å². The van der Waals surface area contributed by atoms with Gasteiger partial charge < -0.3 is 5.32 Å². The van der Waals surface area contributed by atoms with Crippen molar-refractivity contribution >= 4 is 62.2 Å². The molecule has 1 aromatic heterocycles. The van der Waals surface area contributed by atoms with Crippen molar-refractivity contribution < 1.29 is 14.1 Å². The van der Waals surface area contributed by atoms with Crippen molar-refractivity contribution in [3.63, 3.8) is 0 Å². The molecule has 3 aromatic rings. The fourth-order valence-corrected chi connectivity index (χ4v) is 3.99. The smallest absolute Gasteiger partial charge is 0.271 e. The number of carbonyl (C=O) groups is 1. The summed E-state index contributed by atoms with van der Waals surface area (Å²) >= 11 is 8.51. The molecule has 1 amide bonds. The Hall–Kier alpha value is -2.23. The van der Waals surface area contributed by atoms with Gasteiger partial charge >= 0.3 is 0 Å². The summed E-state index contributed by atoms with van der Waals surface area (Å²) in [5.41, 5.74) is 0.216. The van der Waals surface area contributed by atoms with Crippen LogP contribution in [0.1, 0.15) is 0 Å². The van der Waals surface area contributed by atoms with Crippen LogP contribution in [0.3, 0.4) is 0 Å². The molecule has 0 radical (unpaired) electrons. The summed E-state index contributed by atoms with van der Waals surface area (Å²) in [6.45, 7) is 0. The molecule has 0 fully saturated rings. The third-order valence-electron chi connectivity index (χ3n) is 3.09. The zero-order valence-corrected chi connectivity index (χ0v) is 14.8. The van der Waals surface area contributed by atoms with Gasteiger partial charge in [0.1, 0.15) is 5.82 Å². The molecule has 0 saturated heterocycles. The first kappa shape index (κ1) is 17.6. The van der Waals surface area contributed by atoms with Crippen LogP contribution in [0.25, 0.3) is 10.2 Å². The highest BCUT2D eigenvalue weighted by Crippen LogP contribution is 2.31. The van der Waals surface area contributed by atoms with Gasteiger partial charge in [0.2, 0.25) is 5.91 Å². The van der Waals surface area contributed by atoms with Gasteiger partial charge in [0.15, 0.2) is 4.34 Å². The summed E-state index contributed by atoms with van der Waals surface area (Å²) < 4.78 is 15.3. The maximum atomic E-state index is 13.7. The molecule has 6 nitrogen and oxygen atoms in total. The van der Waals surface area contributed by atoms with Gasteiger partial charge in [-0.05, 0) is 24.3 Å². The predicted octanol–water partition coefficient (Wildman–Crippen LogP) is 4.73. The largest absolute Gasteiger partial charge is 0.323 e. The lowest BCUT2D eigenvalue weighted by molar-refractivity contribution is -0.384. The first-order chi connectivity index (χ1) is 11.9. The van der Waals surface area contributed by atoms with Crippen molar-refractivity contribution in [1.29, 1.82) is 0 Å². The number of anilines is 1. The van der Waals surface area contributed by atoms with Gasteiger partial charge in [-0.3, -0.25) is 14.9 Å². The highest BCUT2D eigenvalue weighted by atomic mass is 35.5. The molecule has 25 heavy (non-hydrogen) atoms. The Morgan fingerprint density at radius 1 is 1.36 bits per heavy atom. The lowest BCUT2D eigenvalue weighted by atomic mass is 10.2. The Kier molecular flexibility index (Phi) is 5.16. The lowest BCUT2D eigenvalue weighted by Crippen LogP contribution is -2.15. The van der Waals surface area contributed by atoms with Gasteiger partial charge in [-0.1, -0.05) is 23.4 Å². The van der Waals surface area contributed by atoms with E-state index < -0.39 is 16.6 Å². The monoisotopic (exact) mass is 397 g/mol. The van der Waals surface area contributed by atoms with E-state index in [9.17, 15) is 19.3 Å². The molecule has 0 bridgehead atoms. The van der Waals surface area contributed by atoms with Crippen molar-refractivity contribution in [3.8, 4) is 0 Å². The average molecular weight is 398 g/mol. The summed E-state index contributed by atoms with van der Waals surface area (Å²) in [5, 5.41) is 13.6. The van der Waals surface area contributed by atoms with Crippen LogP contribution in [0.2, 0.25) is 5.02 Å². The highest BCUT2D eigenvalue weighted by Gasteiger charge is 2.14. The van der Waals surface area contributed by atoms with Gasteiger partial charge in [-0.15, -0.1) is 11.3 Å². The SMILES string of the molecule is O=C(CSc1nc2cc(Cl)ccc2s1)Nc1cc([N+](=O)[O-])ccc1F. The van der Waals surface area contributed by atoms with Gasteiger partial charge in [0, 0.05) is 17.2 Å². The van der Waals surface area contributed by atoms with Crippen LogP contribution < -0.4 is 5.32 Å². The molecule has 0 saturated carbocycles. The van der Waals surface area contributed by atoms with Gasteiger partial charge in [-0.2, -0.15) is 0 Å². The maximum Gasteiger partial charge on any atom is 0.271 e. The van der Waals surface area contributed by atoms with Crippen molar-refractivity contribution in [3.05, 3.63) is 57.4 Å². The van der Waals surface area contributed by atoms with Crippen LogP contribution in [0.5, 0.6) is 0 Å². The number of thiazole rings is 1. The second kappa shape index (κ2) is 7.34. The minimum Gasteiger partial charge on any atom is -0.323 e. The van der Waals surface area contributed by atoms with Gasteiger partial charge in [-0.25, -0.2) is 9.37 Å². The molecule has 1 N–H and O–H groups in total. The van der Waals surface area contributed by atoms with E-state index in [0.717, 1.165) is 28.4 Å². The second-order valence-corrected chi connectivity index (χ2v) is 7.54. The number of non-ortho nitro benzene ring substituents is 1.